The Morgan fingerprint density at radius 2 is 1.95 bits per heavy atom. The predicted molar refractivity (Wildman–Crippen MR) is 88.3 cm³/mol. The molecule has 2 aromatic carbocycles. The number of amides is 1. The molecule has 0 aliphatic rings. The lowest BCUT2D eigenvalue weighted by Crippen LogP contribution is -2.26. The molecule has 0 aliphatic carbocycles. The van der Waals surface area contributed by atoms with E-state index in [-0.39, 0.29) is 6.61 Å². The van der Waals surface area contributed by atoms with Gasteiger partial charge in [-0.2, -0.15) is 0 Å². The summed E-state index contributed by atoms with van der Waals surface area (Å²) in [5, 5.41) is 2.74. The van der Waals surface area contributed by atoms with Gasteiger partial charge in [-0.3, -0.25) is 0 Å². The van der Waals surface area contributed by atoms with Crippen molar-refractivity contribution in [2.24, 2.45) is 0 Å². The highest BCUT2D eigenvalue weighted by atomic mass is 32.2. The molecule has 4 nitrogen and oxygen atoms in total. The van der Waals surface area contributed by atoms with Crippen LogP contribution in [0.15, 0.2) is 59.5 Å². The third kappa shape index (κ3) is 5.69. The SMILES string of the molecule is COc1cccc(SCCNC(=O)OCc2ccccc2)c1. The minimum atomic E-state index is -0.393. The van der Waals surface area contributed by atoms with Gasteiger partial charge in [-0.05, 0) is 23.8 Å². The van der Waals surface area contributed by atoms with Gasteiger partial charge in [0.2, 0.25) is 0 Å². The summed E-state index contributed by atoms with van der Waals surface area (Å²) in [5.41, 5.74) is 0.975. The topological polar surface area (TPSA) is 47.6 Å². The van der Waals surface area contributed by atoms with Crippen LogP contribution in [0.1, 0.15) is 5.56 Å². The van der Waals surface area contributed by atoms with E-state index in [1.54, 1.807) is 18.9 Å². The monoisotopic (exact) mass is 317 g/mol. The summed E-state index contributed by atoms with van der Waals surface area (Å²) in [7, 11) is 1.65. The van der Waals surface area contributed by atoms with E-state index in [2.05, 4.69) is 5.32 Å². The molecule has 0 atom stereocenters. The number of thioether (sulfide) groups is 1. The molecule has 0 fully saturated rings. The Hall–Kier alpha value is -2.14. The molecule has 116 valence electrons. The summed E-state index contributed by atoms with van der Waals surface area (Å²) in [5.74, 6) is 1.60. The Balaban J connectivity index is 1.62. The quantitative estimate of drug-likeness (QED) is 0.624. The number of nitrogens with one attached hydrogen (secondary N) is 1. The number of rotatable bonds is 7. The number of alkyl carbamates (subject to hydrolysis) is 1. The van der Waals surface area contributed by atoms with Crippen molar-refractivity contribution < 1.29 is 14.3 Å². The predicted octanol–water partition coefficient (Wildman–Crippen LogP) is 3.71. The molecule has 0 radical (unpaired) electrons. The fraction of sp³-hybridized carbons (Fsp3) is 0.235. The Morgan fingerprint density at radius 3 is 2.73 bits per heavy atom. The molecular weight excluding hydrogens is 298 g/mol. The van der Waals surface area contributed by atoms with Crippen molar-refractivity contribution in [2.75, 3.05) is 19.4 Å². The van der Waals surface area contributed by atoms with Gasteiger partial charge in [0.1, 0.15) is 12.4 Å². The minimum absolute atomic E-state index is 0.287. The summed E-state index contributed by atoms with van der Waals surface area (Å²) in [6.07, 6.45) is -0.393. The Bertz CT molecular complexity index is 589. The van der Waals surface area contributed by atoms with E-state index in [4.69, 9.17) is 9.47 Å². The molecule has 0 spiro atoms. The summed E-state index contributed by atoms with van der Waals surface area (Å²) in [6, 6.07) is 17.4. The zero-order valence-electron chi connectivity index (χ0n) is 12.5. The second kappa shape index (κ2) is 9.00. The van der Waals surface area contributed by atoms with Gasteiger partial charge >= 0.3 is 6.09 Å². The summed E-state index contributed by atoms with van der Waals surface area (Å²) >= 11 is 1.66. The lowest BCUT2D eigenvalue weighted by molar-refractivity contribution is 0.140. The number of hydrogen-bond donors (Lipinski definition) is 1. The Kier molecular flexibility index (Phi) is 6.64. The number of benzene rings is 2. The standard InChI is InChI=1S/C17H19NO3S/c1-20-15-8-5-9-16(12-15)22-11-10-18-17(19)21-13-14-6-3-2-4-7-14/h2-9,12H,10-11,13H2,1H3,(H,18,19). The van der Waals surface area contributed by atoms with Crippen molar-refractivity contribution in [1.29, 1.82) is 0 Å². The third-order valence-electron chi connectivity index (χ3n) is 2.89. The molecule has 2 rings (SSSR count). The molecule has 1 amide bonds. The van der Waals surface area contributed by atoms with Crippen molar-refractivity contribution in [3.05, 3.63) is 60.2 Å². The number of hydrogen-bond acceptors (Lipinski definition) is 4. The maximum absolute atomic E-state index is 11.6. The number of carbonyl (C=O) groups excluding carboxylic acids is 1. The van der Waals surface area contributed by atoms with E-state index in [1.165, 1.54) is 0 Å². The lowest BCUT2D eigenvalue weighted by Gasteiger charge is -2.07. The van der Waals surface area contributed by atoms with E-state index in [1.807, 2.05) is 54.6 Å². The van der Waals surface area contributed by atoms with Gasteiger partial charge in [0.05, 0.1) is 7.11 Å². The molecule has 22 heavy (non-hydrogen) atoms. The first-order valence-corrected chi connectivity index (χ1v) is 7.98. The third-order valence-corrected chi connectivity index (χ3v) is 3.89. The minimum Gasteiger partial charge on any atom is -0.497 e. The van der Waals surface area contributed by atoms with Gasteiger partial charge in [0.15, 0.2) is 0 Å². The van der Waals surface area contributed by atoms with Crippen LogP contribution in [0.2, 0.25) is 0 Å². The van der Waals surface area contributed by atoms with Gasteiger partial charge in [-0.25, -0.2) is 4.79 Å². The van der Waals surface area contributed by atoms with E-state index >= 15 is 0 Å². The molecule has 0 aliphatic heterocycles. The summed E-state index contributed by atoms with van der Waals surface area (Å²) < 4.78 is 10.3. The maximum atomic E-state index is 11.6. The van der Waals surface area contributed by atoms with Gasteiger partial charge in [-0.15, -0.1) is 11.8 Å². The molecule has 5 heteroatoms. The molecule has 1 N–H and O–H groups in total. The molecule has 2 aromatic rings. The zero-order chi connectivity index (χ0) is 15.6. The molecular formula is C17H19NO3S. The van der Waals surface area contributed by atoms with Crippen molar-refractivity contribution in [3.8, 4) is 5.75 Å². The smallest absolute Gasteiger partial charge is 0.407 e. The molecule has 0 saturated heterocycles. The first-order valence-electron chi connectivity index (χ1n) is 6.99. The Morgan fingerprint density at radius 1 is 1.14 bits per heavy atom. The van der Waals surface area contributed by atoms with Crippen molar-refractivity contribution in [1.82, 2.24) is 5.32 Å². The van der Waals surface area contributed by atoms with Crippen LogP contribution >= 0.6 is 11.8 Å². The van der Waals surface area contributed by atoms with E-state index in [9.17, 15) is 4.79 Å². The zero-order valence-corrected chi connectivity index (χ0v) is 13.3. The van der Waals surface area contributed by atoms with Gasteiger partial charge < -0.3 is 14.8 Å². The summed E-state index contributed by atoms with van der Waals surface area (Å²) in [6.45, 7) is 0.838. The molecule has 0 heterocycles. The van der Waals surface area contributed by atoms with Crippen LogP contribution in [-0.2, 0) is 11.3 Å². The summed E-state index contributed by atoms with van der Waals surface area (Å²) in [4.78, 5) is 12.7. The second-order valence-corrected chi connectivity index (χ2v) is 5.68. The highest BCUT2D eigenvalue weighted by Crippen LogP contribution is 2.22. The van der Waals surface area contributed by atoms with Crippen LogP contribution in [0, 0.1) is 0 Å². The average molecular weight is 317 g/mol. The highest BCUT2D eigenvalue weighted by molar-refractivity contribution is 7.99. The molecule has 0 saturated carbocycles. The lowest BCUT2D eigenvalue weighted by atomic mass is 10.2. The van der Waals surface area contributed by atoms with E-state index in [0.717, 1.165) is 22.0 Å². The van der Waals surface area contributed by atoms with E-state index in [0.29, 0.717) is 6.54 Å². The highest BCUT2D eigenvalue weighted by Gasteiger charge is 2.02. The number of methoxy groups -OCH3 is 1. The fourth-order valence-corrected chi connectivity index (χ4v) is 2.60. The number of ether oxygens (including phenoxy) is 2. The van der Waals surface area contributed by atoms with E-state index < -0.39 is 6.09 Å². The van der Waals surface area contributed by atoms with Crippen LogP contribution in [0.4, 0.5) is 4.79 Å². The molecule has 0 aromatic heterocycles. The van der Waals surface area contributed by atoms with Gasteiger partial charge in [0.25, 0.3) is 0 Å². The van der Waals surface area contributed by atoms with Gasteiger partial charge in [-0.1, -0.05) is 36.4 Å². The van der Waals surface area contributed by atoms with Gasteiger partial charge in [0, 0.05) is 17.2 Å². The van der Waals surface area contributed by atoms with Crippen molar-refractivity contribution >= 4 is 17.9 Å². The van der Waals surface area contributed by atoms with Crippen LogP contribution in [0.3, 0.4) is 0 Å². The number of carbonyl (C=O) groups is 1. The maximum Gasteiger partial charge on any atom is 0.407 e. The first kappa shape index (κ1) is 16.2. The first-order chi connectivity index (χ1) is 10.8. The van der Waals surface area contributed by atoms with Crippen molar-refractivity contribution in [3.63, 3.8) is 0 Å². The molecule has 0 unspecified atom stereocenters. The average Bonchev–Trinajstić information content (AvgIpc) is 2.58. The van der Waals surface area contributed by atoms with Crippen molar-refractivity contribution in [2.45, 2.75) is 11.5 Å². The fourth-order valence-electron chi connectivity index (χ4n) is 1.79. The normalized spacial score (nSPS) is 10.0. The largest absolute Gasteiger partial charge is 0.497 e. The van der Waals surface area contributed by atoms with Crippen LogP contribution in [0.5, 0.6) is 5.75 Å². The molecule has 0 bridgehead atoms. The second-order valence-electron chi connectivity index (χ2n) is 4.52. The van der Waals surface area contributed by atoms with Crippen LogP contribution in [0.25, 0.3) is 0 Å². The van der Waals surface area contributed by atoms with Crippen LogP contribution in [-0.4, -0.2) is 25.5 Å². The van der Waals surface area contributed by atoms with Crippen LogP contribution < -0.4 is 10.1 Å². The Labute approximate surface area is 134 Å².